The number of carbonyl (C=O) groups excluding carboxylic acids is 1. The number of nitrogens with zero attached hydrogens (tertiary/aromatic N) is 4. The molecule has 3 rings (SSSR count). The van der Waals surface area contributed by atoms with Crippen LogP contribution in [-0.4, -0.2) is 59.5 Å². The number of hydrogen-bond acceptors (Lipinski definition) is 6. The van der Waals surface area contributed by atoms with Gasteiger partial charge in [0.05, 0.1) is 17.9 Å². The van der Waals surface area contributed by atoms with Crippen LogP contribution in [0.3, 0.4) is 0 Å². The van der Waals surface area contributed by atoms with Gasteiger partial charge in [0, 0.05) is 26.7 Å². The Bertz CT molecular complexity index is 856. The summed E-state index contributed by atoms with van der Waals surface area (Å²) in [5.74, 6) is 0.578. The molecule has 1 atom stereocenters. The summed E-state index contributed by atoms with van der Waals surface area (Å²) in [5.41, 5.74) is 1.56. The monoisotopic (exact) mass is 431 g/mol. The molecule has 1 amide bonds. The van der Waals surface area contributed by atoms with Gasteiger partial charge in [-0.1, -0.05) is 41.9 Å². The second-order valence-corrected chi connectivity index (χ2v) is 8.91. The van der Waals surface area contributed by atoms with Gasteiger partial charge in [0.1, 0.15) is 10.6 Å². The Balaban J connectivity index is 1.60. The van der Waals surface area contributed by atoms with Crippen LogP contribution in [0.1, 0.15) is 32.8 Å². The van der Waals surface area contributed by atoms with E-state index in [-0.39, 0.29) is 12.1 Å². The van der Waals surface area contributed by atoms with Crippen molar-refractivity contribution < 1.29 is 9.53 Å². The molecular weight excluding hydrogens is 402 g/mol. The third kappa shape index (κ3) is 5.75. The molecule has 1 N–H and O–H groups in total. The molecule has 2 heterocycles. The quantitative estimate of drug-likeness (QED) is 0.738. The lowest BCUT2D eigenvalue weighted by atomic mass is 10.1. The molecule has 0 aliphatic carbocycles. The van der Waals surface area contributed by atoms with Gasteiger partial charge in [0.25, 0.3) is 0 Å². The van der Waals surface area contributed by atoms with Crippen molar-refractivity contribution in [3.8, 4) is 0 Å². The molecule has 30 heavy (non-hydrogen) atoms. The highest BCUT2D eigenvalue weighted by molar-refractivity contribution is 6.35. The van der Waals surface area contributed by atoms with Gasteiger partial charge in [-0.25, -0.2) is 4.79 Å². The predicted molar refractivity (Wildman–Crippen MR) is 120 cm³/mol. The first-order valence-electron chi connectivity index (χ1n) is 10.2. The molecule has 1 aromatic carbocycles. The number of ether oxygens (including phenoxy) is 1. The van der Waals surface area contributed by atoms with Gasteiger partial charge < -0.3 is 19.9 Å². The first-order chi connectivity index (χ1) is 14.2. The summed E-state index contributed by atoms with van der Waals surface area (Å²) in [7, 11) is 1.78. The van der Waals surface area contributed by atoms with Crippen molar-refractivity contribution in [2.45, 2.75) is 45.3 Å². The maximum absolute atomic E-state index is 12.4. The van der Waals surface area contributed by atoms with Gasteiger partial charge in [0.2, 0.25) is 0 Å². The fraction of sp³-hybridized carbons (Fsp3) is 0.500. The number of rotatable bonds is 6. The van der Waals surface area contributed by atoms with Crippen molar-refractivity contribution in [1.82, 2.24) is 15.1 Å². The molecule has 0 unspecified atom stereocenters. The summed E-state index contributed by atoms with van der Waals surface area (Å²) in [6.45, 7) is 7.78. The van der Waals surface area contributed by atoms with E-state index in [0.717, 1.165) is 25.1 Å². The summed E-state index contributed by atoms with van der Waals surface area (Å²) in [5, 5.41) is 12.1. The largest absolute Gasteiger partial charge is 0.444 e. The van der Waals surface area contributed by atoms with E-state index in [1.165, 1.54) is 5.56 Å². The molecule has 0 spiro atoms. The second-order valence-electron chi connectivity index (χ2n) is 8.53. The van der Waals surface area contributed by atoms with Crippen molar-refractivity contribution in [1.29, 1.82) is 0 Å². The van der Waals surface area contributed by atoms with Crippen LogP contribution in [-0.2, 0) is 11.2 Å². The average molecular weight is 432 g/mol. The van der Waals surface area contributed by atoms with Gasteiger partial charge in [0.15, 0.2) is 5.82 Å². The minimum atomic E-state index is -0.512. The summed E-state index contributed by atoms with van der Waals surface area (Å²) >= 11 is 6.64. The molecule has 1 fully saturated rings. The number of amides is 1. The minimum absolute atomic E-state index is 0.0542. The summed E-state index contributed by atoms with van der Waals surface area (Å²) in [4.78, 5) is 16.2. The van der Waals surface area contributed by atoms with Crippen LogP contribution < -0.4 is 10.2 Å². The summed E-state index contributed by atoms with van der Waals surface area (Å²) < 4.78 is 5.49. The van der Waals surface area contributed by atoms with E-state index < -0.39 is 5.60 Å². The van der Waals surface area contributed by atoms with Gasteiger partial charge in [-0.2, -0.15) is 5.10 Å². The fourth-order valence-electron chi connectivity index (χ4n) is 3.43. The zero-order valence-electron chi connectivity index (χ0n) is 18.1. The maximum atomic E-state index is 12.4. The molecule has 1 aliphatic rings. The highest BCUT2D eigenvalue weighted by Gasteiger charge is 2.32. The van der Waals surface area contributed by atoms with E-state index >= 15 is 0 Å². The van der Waals surface area contributed by atoms with E-state index in [0.29, 0.717) is 23.9 Å². The van der Waals surface area contributed by atoms with Crippen molar-refractivity contribution in [2.75, 3.05) is 36.9 Å². The molecule has 7 nitrogen and oxygen atoms in total. The zero-order valence-corrected chi connectivity index (χ0v) is 18.8. The molecule has 0 bridgehead atoms. The Hall–Kier alpha value is -2.54. The van der Waals surface area contributed by atoms with Crippen molar-refractivity contribution in [3.63, 3.8) is 0 Å². The Morgan fingerprint density at radius 1 is 1.33 bits per heavy atom. The molecule has 0 saturated carbocycles. The zero-order chi connectivity index (χ0) is 21.7. The minimum Gasteiger partial charge on any atom is -0.444 e. The number of likely N-dealkylation sites (N-methyl/N-ethyl adjacent to an activating group) is 1. The van der Waals surface area contributed by atoms with Gasteiger partial charge >= 0.3 is 6.09 Å². The van der Waals surface area contributed by atoms with Crippen molar-refractivity contribution in [3.05, 3.63) is 47.1 Å². The van der Waals surface area contributed by atoms with Gasteiger partial charge in [-0.05, 0) is 39.2 Å². The van der Waals surface area contributed by atoms with E-state index in [1.54, 1.807) is 18.1 Å². The van der Waals surface area contributed by atoms with E-state index in [4.69, 9.17) is 16.3 Å². The first kappa shape index (κ1) is 22.2. The summed E-state index contributed by atoms with van der Waals surface area (Å²) in [6.07, 6.45) is 3.08. The molecule has 0 radical (unpaired) electrons. The topological polar surface area (TPSA) is 70.6 Å². The van der Waals surface area contributed by atoms with Crippen LogP contribution in [0.15, 0.2) is 36.5 Å². The number of carbonyl (C=O) groups is 1. The van der Waals surface area contributed by atoms with Crippen LogP contribution >= 0.6 is 11.6 Å². The van der Waals surface area contributed by atoms with Gasteiger partial charge in [-0.3, -0.25) is 0 Å². The number of nitrogens with one attached hydrogen (secondary N) is 1. The molecule has 1 aromatic heterocycles. The van der Waals surface area contributed by atoms with E-state index in [2.05, 4.69) is 32.5 Å². The van der Waals surface area contributed by atoms with Crippen molar-refractivity contribution >= 4 is 29.2 Å². The maximum Gasteiger partial charge on any atom is 0.410 e. The molecule has 2 aromatic rings. The fourth-order valence-corrected chi connectivity index (χ4v) is 3.70. The third-order valence-electron chi connectivity index (χ3n) is 5.05. The lowest BCUT2D eigenvalue weighted by Crippen LogP contribution is -2.42. The van der Waals surface area contributed by atoms with Crippen molar-refractivity contribution in [2.24, 2.45) is 0 Å². The SMILES string of the molecule is CN(C(=O)OC(C)(C)C)[C@@H]1CCN(c2cnnc(NCCc3ccccc3)c2Cl)C1. The third-order valence-corrected chi connectivity index (χ3v) is 5.43. The lowest BCUT2D eigenvalue weighted by molar-refractivity contribution is 0.0238. The second kappa shape index (κ2) is 9.51. The standard InChI is InChI=1S/C22H30ClN5O2/c1-22(2,3)30-21(29)27(4)17-11-13-28(15-17)18-14-25-26-20(19(18)23)24-12-10-16-8-6-5-7-9-16/h5-9,14,17H,10-13,15H2,1-4H3,(H,24,26)/t17-/m1/s1. The van der Waals surface area contributed by atoms with Crippen LogP contribution in [0.2, 0.25) is 5.02 Å². The lowest BCUT2D eigenvalue weighted by Gasteiger charge is -2.29. The smallest absolute Gasteiger partial charge is 0.410 e. The van der Waals surface area contributed by atoms with E-state index in [1.807, 2.05) is 39.0 Å². The number of benzene rings is 1. The van der Waals surface area contributed by atoms with Crippen LogP contribution in [0.4, 0.5) is 16.3 Å². The Kier molecular flexibility index (Phi) is 7.02. The molecule has 1 aliphatic heterocycles. The first-order valence-corrected chi connectivity index (χ1v) is 10.6. The average Bonchev–Trinajstić information content (AvgIpc) is 3.18. The molecular formula is C22H30ClN5O2. The molecule has 162 valence electrons. The molecule has 8 heteroatoms. The number of aromatic nitrogens is 2. The highest BCUT2D eigenvalue weighted by atomic mass is 35.5. The van der Waals surface area contributed by atoms with Gasteiger partial charge in [-0.15, -0.1) is 5.10 Å². The highest BCUT2D eigenvalue weighted by Crippen LogP contribution is 2.33. The molecule has 1 saturated heterocycles. The Morgan fingerprint density at radius 2 is 2.07 bits per heavy atom. The van der Waals surface area contributed by atoms with Crippen LogP contribution in [0.5, 0.6) is 0 Å². The normalized spacial score (nSPS) is 16.4. The number of halogens is 1. The Morgan fingerprint density at radius 3 is 2.77 bits per heavy atom. The van der Waals surface area contributed by atoms with Crippen LogP contribution in [0, 0.1) is 0 Å². The number of hydrogen-bond donors (Lipinski definition) is 1. The predicted octanol–water partition coefficient (Wildman–Crippen LogP) is 4.23. The number of anilines is 2. The Labute approximate surface area is 183 Å². The van der Waals surface area contributed by atoms with Crippen LogP contribution in [0.25, 0.3) is 0 Å². The van der Waals surface area contributed by atoms with E-state index in [9.17, 15) is 4.79 Å². The summed E-state index contributed by atoms with van der Waals surface area (Å²) in [6, 6.07) is 10.3.